The van der Waals surface area contributed by atoms with Gasteiger partial charge in [0.1, 0.15) is 5.75 Å². The highest BCUT2D eigenvalue weighted by Gasteiger charge is 2.41. The van der Waals surface area contributed by atoms with E-state index in [1.54, 1.807) is 0 Å². The van der Waals surface area contributed by atoms with E-state index in [4.69, 9.17) is 5.73 Å². The molecule has 0 aromatic carbocycles. The number of alkyl halides is 3. The van der Waals surface area contributed by atoms with Gasteiger partial charge in [0.15, 0.2) is 9.84 Å². The molecule has 0 saturated carbocycles. The van der Waals surface area contributed by atoms with Crippen LogP contribution in [-0.2, 0) is 19.4 Å². The Labute approximate surface area is 97.0 Å². The van der Waals surface area contributed by atoms with Crippen LogP contribution in [0, 0.1) is 5.92 Å². The van der Waals surface area contributed by atoms with Gasteiger partial charge >= 0.3 is 12.1 Å². The Hall–Kier alpha value is -0.830. The highest BCUT2D eigenvalue weighted by molar-refractivity contribution is 7.92. The van der Waals surface area contributed by atoms with Gasteiger partial charge in [0.25, 0.3) is 0 Å². The highest BCUT2D eigenvalue weighted by Crippen LogP contribution is 2.26. The van der Waals surface area contributed by atoms with Gasteiger partial charge in [-0.05, 0) is 6.92 Å². The molecule has 1 unspecified atom stereocenters. The van der Waals surface area contributed by atoms with Crippen molar-refractivity contribution in [2.45, 2.75) is 13.1 Å². The molecule has 0 aliphatic heterocycles. The Morgan fingerprint density at radius 2 is 1.94 bits per heavy atom. The summed E-state index contributed by atoms with van der Waals surface area (Å²) in [4.78, 5) is 10.9. The third-order valence-corrected chi connectivity index (χ3v) is 3.43. The minimum Gasteiger partial charge on any atom is -0.465 e. The van der Waals surface area contributed by atoms with Crippen LogP contribution in [0.1, 0.15) is 6.92 Å². The average Bonchev–Trinajstić information content (AvgIpc) is 2.11. The second-order valence-electron chi connectivity index (χ2n) is 3.33. The molecule has 0 aromatic rings. The van der Waals surface area contributed by atoms with E-state index in [2.05, 4.69) is 4.74 Å². The van der Waals surface area contributed by atoms with E-state index in [0.717, 1.165) is 0 Å². The summed E-state index contributed by atoms with van der Waals surface area (Å²) in [5.74, 6) is -5.49. The third-order valence-electron chi connectivity index (χ3n) is 1.85. The van der Waals surface area contributed by atoms with Crippen LogP contribution in [0.4, 0.5) is 13.2 Å². The summed E-state index contributed by atoms with van der Waals surface area (Å²) in [7, 11) is -4.17. The number of sulfone groups is 1. The van der Waals surface area contributed by atoms with Crippen LogP contribution in [0.15, 0.2) is 0 Å². The minimum absolute atomic E-state index is 0.0338. The van der Waals surface area contributed by atoms with E-state index in [0.29, 0.717) is 0 Å². The summed E-state index contributed by atoms with van der Waals surface area (Å²) in [6, 6.07) is 0. The fourth-order valence-corrected chi connectivity index (χ4v) is 2.54. The second-order valence-corrected chi connectivity index (χ2v) is 5.44. The van der Waals surface area contributed by atoms with Crippen molar-refractivity contribution in [1.82, 2.24) is 0 Å². The SMILES string of the molecule is CCOC(=O)CS(=O)(=O)CC(CN)C(F)(F)F. The monoisotopic (exact) mass is 277 g/mol. The fourth-order valence-electron chi connectivity index (χ4n) is 1.04. The molecule has 2 N–H and O–H groups in total. The van der Waals surface area contributed by atoms with Gasteiger partial charge in [-0.25, -0.2) is 8.42 Å². The number of halogens is 3. The van der Waals surface area contributed by atoms with Gasteiger partial charge in [-0.15, -0.1) is 0 Å². The summed E-state index contributed by atoms with van der Waals surface area (Å²) in [5, 5.41) is 0. The lowest BCUT2D eigenvalue weighted by molar-refractivity contribution is -0.165. The number of carbonyl (C=O) groups excluding carboxylic acids is 1. The van der Waals surface area contributed by atoms with Gasteiger partial charge < -0.3 is 10.5 Å². The molecule has 0 radical (unpaired) electrons. The molecule has 1 atom stereocenters. The second kappa shape index (κ2) is 6.20. The molecule has 9 heteroatoms. The standard InChI is InChI=1S/C8H14F3NO4S/c1-2-16-7(13)5-17(14,15)4-6(3-12)8(9,10)11/h6H,2-5,12H2,1H3. The van der Waals surface area contributed by atoms with Crippen LogP contribution < -0.4 is 5.73 Å². The number of ether oxygens (including phenoxy) is 1. The number of hydrogen-bond acceptors (Lipinski definition) is 5. The zero-order valence-electron chi connectivity index (χ0n) is 9.16. The summed E-state index contributed by atoms with van der Waals surface area (Å²) >= 11 is 0. The molecule has 0 rings (SSSR count). The zero-order valence-corrected chi connectivity index (χ0v) is 9.97. The zero-order chi connectivity index (χ0) is 13.7. The molecular formula is C8H14F3NO4S. The topological polar surface area (TPSA) is 86.5 Å². The maximum atomic E-state index is 12.3. The van der Waals surface area contributed by atoms with Crippen molar-refractivity contribution in [3.63, 3.8) is 0 Å². The largest absolute Gasteiger partial charge is 0.465 e. The van der Waals surface area contributed by atoms with E-state index >= 15 is 0 Å². The first-order valence-corrected chi connectivity index (χ1v) is 6.57. The molecule has 0 spiro atoms. The lowest BCUT2D eigenvalue weighted by Crippen LogP contribution is -2.37. The van der Waals surface area contributed by atoms with Crippen molar-refractivity contribution >= 4 is 15.8 Å². The number of esters is 1. The first-order valence-electron chi connectivity index (χ1n) is 4.75. The lowest BCUT2D eigenvalue weighted by atomic mass is 10.2. The Bertz CT molecular complexity index is 352. The molecule has 17 heavy (non-hydrogen) atoms. The smallest absolute Gasteiger partial charge is 0.393 e. The molecular weight excluding hydrogens is 263 g/mol. The number of hydrogen-bond donors (Lipinski definition) is 1. The van der Waals surface area contributed by atoms with E-state index in [-0.39, 0.29) is 6.61 Å². The number of nitrogens with two attached hydrogens (primary N) is 1. The van der Waals surface area contributed by atoms with Gasteiger partial charge in [0, 0.05) is 6.54 Å². The van der Waals surface area contributed by atoms with E-state index in [9.17, 15) is 26.4 Å². The van der Waals surface area contributed by atoms with E-state index in [1.165, 1.54) is 6.92 Å². The van der Waals surface area contributed by atoms with Crippen molar-refractivity contribution in [2.24, 2.45) is 11.7 Å². The van der Waals surface area contributed by atoms with Gasteiger partial charge in [0.05, 0.1) is 18.3 Å². The Balaban J connectivity index is 4.59. The fraction of sp³-hybridized carbons (Fsp3) is 0.875. The van der Waals surface area contributed by atoms with Gasteiger partial charge in [-0.3, -0.25) is 4.79 Å². The molecule has 0 fully saturated rings. The minimum atomic E-state index is -4.70. The lowest BCUT2D eigenvalue weighted by Gasteiger charge is -2.17. The van der Waals surface area contributed by atoms with Crippen LogP contribution in [0.25, 0.3) is 0 Å². The Morgan fingerprint density at radius 1 is 1.41 bits per heavy atom. The van der Waals surface area contributed by atoms with Crippen LogP contribution in [0.5, 0.6) is 0 Å². The molecule has 0 heterocycles. The highest BCUT2D eigenvalue weighted by atomic mass is 32.2. The van der Waals surface area contributed by atoms with Crippen LogP contribution in [0.3, 0.4) is 0 Å². The molecule has 0 aromatic heterocycles. The third kappa shape index (κ3) is 6.47. The average molecular weight is 277 g/mol. The van der Waals surface area contributed by atoms with Crippen LogP contribution in [-0.4, -0.2) is 45.2 Å². The van der Waals surface area contributed by atoms with Crippen LogP contribution in [0.2, 0.25) is 0 Å². The normalized spacial score (nSPS) is 14.4. The molecule has 0 saturated heterocycles. The molecule has 0 amide bonds. The molecule has 0 aliphatic carbocycles. The predicted octanol–water partition coefficient (Wildman–Crippen LogP) is 0.102. The molecule has 0 aliphatic rings. The predicted molar refractivity (Wildman–Crippen MR) is 53.9 cm³/mol. The maximum Gasteiger partial charge on any atom is 0.393 e. The summed E-state index contributed by atoms with van der Waals surface area (Å²) in [6.07, 6.45) is -4.70. The quantitative estimate of drug-likeness (QED) is 0.696. The van der Waals surface area contributed by atoms with Crippen molar-refractivity contribution in [2.75, 3.05) is 24.7 Å². The van der Waals surface area contributed by atoms with Gasteiger partial charge in [-0.1, -0.05) is 0 Å². The van der Waals surface area contributed by atoms with Crippen LogP contribution >= 0.6 is 0 Å². The van der Waals surface area contributed by atoms with Crippen molar-refractivity contribution < 1.29 is 31.1 Å². The first kappa shape index (κ1) is 16.2. The molecule has 102 valence electrons. The summed E-state index contributed by atoms with van der Waals surface area (Å²) in [6.45, 7) is 0.586. The Kier molecular flexibility index (Phi) is 5.89. The number of carbonyl (C=O) groups is 1. The van der Waals surface area contributed by atoms with E-state index in [1.807, 2.05) is 0 Å². The van der Waals surface area contributed by atoms with Crippen molar-refractivity contribution in [3.8, 4) is 0 Å². The maximum absolute atomic E-state index is 12.3. The summed E-state index contributed by atoms with van der Waals surface area (Å²) < 4.78 is 63.7. The molecule has 5 nitrogen and oxygen atoms in total. The van der Waals surface area contributed by atoms with Gasteiger partial charge in [0.2, 0.25) is 0 Å². The van der Waals surface area contributed by atoms with Crippen molar-refractivity contribution in [1.29, 1.82) is 0 Å². The molecule has 0 bridgehead atoms. The van der Waals surface area contributed by atoms with Crippen molar-refractivity contribution in [3.05, 3.63) is 0 Å². The van der Waals surface area contributed by atoms with E-state index < -0.39 is 46.0 Å². The Morgan fingerprint density at radius 3 is 2.29 bits per heavy atom. The van der Waals surface area contributed by atoms with Gasteiger partial charge in [-0.2, -0.15) is 13.2 Å². The summed E-state index contributed by atoms with van der Waals surface area (Å²) in [5.41, 5.74) is 4.85. The number of rotatable bonds is 6. The first-order chi connectivity index (χ1) is 7.62.